The van der Waals surface area contributed by atoms with E-state index in [4.69, 9.17) is 5.11 Å². The molecule has 15 heavy (non-hydrogen) atoms. The Bertz CT molecular complexity index is 300. The van der Waals surface area contributed by atoms with Crippen LogP contribution in [0.2, 0.25) is 0 Å². The highest BCUT2D eigenvalue weighted by Gasteiger charge is 2.32. The van der Waals surface area contributed by atoms with E-state index < -0.39 is 5.60 Å². The fraction of sp³-hybridized carbons (Fsp3) is 0.538. The highest BCUT2D eigenvalue weighted by Crippen LogP contribution is 2.37. The first-order chi connectivity index (χ1) is 7.23. The summed E-state index contributed by atoms with van der Waals surface area (Å²) in [5.74, 6) is 0.554. The van der Waals surface area contributed by atoms with Gasteiger partial charge in [0.2, 0.25) is 0 Å². The van der Waals surface area contributed by atoms with E-state index in [1.807, 2.05) is 6.07 Å². The smallest absolute Gasteiger partial charge is 0.0877 e. The van der Waals surface area contributed by atoms with Gasteiger partial charge in [-0.2, -0.15) is 0 Å². The van der Waals surface area contributed by atoms with E-state index in [2.05, 4.69) is 24.3 Å². The van der Waals surface area contributed by atoms with Gasteiger partial charge in [0.1, 0.15) is 0 Å². The molecule has 0 bridgehead atoms. The van der Waals surface area contributed by atoms with E-state index in [0.717, 1.165) is 12.8 Å². The molecule has 0 aromatic heterocycles. The van der Waals surface area contributed by atoms with E-state index in [0.29, 0.717) is 18.8 Å². The van der Waals surface area contributed by atoms with Crippen LogP contribution in [0, 0.1) is 0 Å². The number of benzene rings is 1. The van der Waals surface area contributed by atoms with Crippen molar-refractivity contribution in [3.63, 3.8) is 0 Å². The highest BCUT2D eigenvalue weighted by atomic mass is 16.3. The van der Waals surface area contributed by atoms with Gasteiger partial charge in [-0.15, -0.1) is 0 Å². The average Bonchev–Trinajstić information content (AvgIpc) is 2.31. The quantitative estimate of drug-likeness (QED) is 0.777. The third-order valence-corrected chi connectivity index (χ3v) is 3.48. The van der Waals surface area contributed by atoms with Gasteiger partial charge in [0.15, 0.2) is 0 Å². The first kappa shape index (κ1) is 10.7. The predicted octanol–water partition coefficient (Wildman–Crippen LogP) is 2.07. The van der Waals surface area contributed by atoms with Gasteiger partial charge < -0.3 is 10.2 Å². The Hall–Kier alpha value is -0.860. The summed E-state index contributed by atoms with van der Waals surface area (Å²) in [5.41, 5.74) is 0.545. The van der Waals surface area contributed by atoms with Crippen LogP contribution >= 0.6 is 0 Å². The van der Waals surface area contributed by atoms with Gasteiger partial charge in [-0.25, -0.2) is 0 Å². The van der Waals surface area contributed by atoms with Crippen LogP contribution in [0.25, 0.3) is 0 Å². The van der Waals surface area contributed by atoms with Crippen molar-refractivity contribution in [2.75, 3.05) is 6.61 Å². The minimum Gasteiger partial charge on any atom is -0.393 e. The third-order valence-electron chi connectivity index (χ3n) is 3.48. The maximum absolute atomic E-state index is 9.89. The van der Waals surface area contributed by atoms with E-state index in [-0.39, 0.29) is 6.61 Å². The number of hydrogen-bond donors (Lipinski definition) is 2. The molecule has 2 rings (SSSR count). The normalized spacial score (nSPS) is 31.5. The molecule has 0 radical (unpaired) electrons. The second-order valence-corrected chi connectivity index (χ2v) is 4.57. The van der Waals surface area contributed by atoms with Crippen LogP contribution in [0.3, 0.4) is 0 Å². The van der Waals surface area contributed by atoms with Crippen molar-refractivity contribution in [3.05, 3.63) is 35.9 Å². The molecule has 0 spiro atoms. The Morgan fingerprint density at radius 2 is 1.73 bits per heavy atom. The summed E-state index contributed by atoms with van der Waals surface area (Å²) in [6, 6.07) is 10.4. The van der Waals surface area contributed by atoms with E-state index in [1.165, 1.54) is 5.56 Å². The van der Waals surface area contributed by atoms with Crippen LogP contribution in [-0.2, 0) is 0 Å². The van der Waals surface area contributed by atoms with Crippen molar-refractivity contribution in [2.45, 2.75) is 37.2 Å². The Labute approximate surface area is 90.6 Å². The molecule has 82 valence electrons. The number of hydrogen-bond acceptors (Lipinski definition) is 2. The summed E-state index contributed by atoms with van der Waals surface area (Å²) in [4.78, 5) is 0. The lowest BCUT2D eigenvalue weighted by molar-refractivity contribution is -0.0456. The van der Waals surface area contributed by atoms with Gasteiger partial charge >= 0.3 is 0 Å². The largest absolute Gasteiger partial charge is 0.393 e. The van der Waals surface area contributed by atoms with Gasteiger partial charge in [-0.3, -0.25) is 0 Å². The van der Waals surface area contributed by atoms with E-state index in [1.54, 1.807) is 0 Å². The van der Waals surface area contributed by atoms with Crippen LogP contribution in [0.15, 0.2) is 30.3 Å². The van der Waals surface area contributed by atoms with Gasteiger partial charge in [-0.05, 0) is 37.2 Å². The van der Waals surface area contributed by atoms with Crippen molar-refractivity contribution in [2.24, 2.45) is 0 Å². The van der Waals surface area contributed by atoms with Gasteiger partial charge in [0.05, 0.1) is 12.2 Å². The molecule has 0 amide bonds. The molecule has 0 aliphatic heterocycles. The predicted molar refractivity (Wildman–Crippen MR) is 59.7 cm³/mol. The zero-order valence-corrected chi connectivity index (χ0v) is 8.89. The fourth-order valence-electron chi connectivity index (χ4n) is 2.37. The topological polar surface area (TPSA) is 40.5 Å². The molecule has 2 heteroatoms. The molecule has 1 aliphatic rings. The van der Waals surface area contributed by atoms with E-state index in [9.17, 15) is 5.11 Å². The zero-order valence-electron chi connectivity index (χ0n) is 8.89. The SMILES string of the molecule is OCC1(O)CCC(c2ccccc2)CC1. The van der Waals surface area contributed by atoms with Crippen molar-refractivity contribution in [1.29, 1.82) is 0 Å². The van der Waals surface area contributed by atoms with Crippen molar-refractivity contribution >= 4 is 0 Å². The molecule has 1 saturated carbocycles. The van der Waals surface area contributed by atoms with Crippen molar-refractivity contribution in [3.8, 4) is 0 Å². The maximum atomic E-state index is 9.89. The molecule has 2 nitrogen and oxygen atoms in total. The van der Waals surface area contributed by atoms with Gasteiger partial charge in [0, 0.05) is 0 Å². The molecular weight excluding hydrogens is 188 g/mol. The standard InChI is InChI=1S/C13H18O2/c14-10-13(15)8-6-12(7-9-13)11-4-2-1-3-5-11/h1-5,12,14-15H,6-10H2. The minimum absolute atomic E-state index is 0.103. The first-order valence-corrected chi connectivity index (χ1v) is 5.62. The lowest BCUT2D eigenvalue weighted by Gasteiger charge is -2.34. The Kier molecular flexibility index (Phi) is 3.08. The average molecular weight is 206 g/mol. The molecule has 1 fully saturated rings. The van der Waals surface area contributed by atoms with Crippen LogP contribution in [0.4, 0.5) is 0 Å². The zero-order chi connectivity index (χ0) is 10.7. The summed E-state index contributed by atoms with van der Waals surface area (Å²) in [6.45, 7) is -0.103. The van der Waals surface area contributed by atoms with Crippen LogP contribution in [0.1, 0.15) is 37.2 Å². The summed E-state index contributed by atoms with van der Waals surface area (Å²) in [6.07, 6.45) is 3.37. The molecule has 0 atom stereocenters. The first-order valence-electron chi connectivity index (χ1n) is 5.62. The Morgan fingerprint density at radius 3 is 2.27 bits per heavy atom. The lowest BCUT2D eigenvalue weighted by atomic mass is 9.76. The number of aliphatic hydroxyl groups excluding tert-OH is 1. The second kappa shape index (κ2) is 4.33. The molecule has 1 aliphatic carbocycles. The monoisotopic (exact) mass is 206 g/mol. The molecular formula is C13H18O2. The number of aliphatic hydroxyl groups is 2. The molecule has 0 saturated heterocycles. The summed E-state index contributed by atoms with van der Waals surface area (Å²) in [7, 11) is 0. The lowest BCUT2D eigenvalue weighted by Crippen LogP contribution is -2.37. The van der Waals surface area contributed by atoms with Crippen molar-refractivity contribution in [1.82, 2.24) is 0 Å². The molecule has 1 aromatic carbocycles. The molecule has 2 N–H and O–H groups in total. The van der Waals surface area contributed by atoms with E-state index >= 15 is 0 Å². The van der Waals surface area contributed by atoms with Gasteiger partial charge in [-0.1, -0.05) is 30.3 Å². The number of rotatable bonds is 2. The highest BCUT2D eigenvalue weighted by molar-refractivity contribution is 5.20. The van der Waals surface area contributed by atoms with Gasteiger partial charge in [0.25, 0.3) is 0 Å². The molecule has 0 unspecified atom stereocenters. The van der Waals surface area contributed by atoms with Crippen LogP contribution in [0.5, 0.6) is 0 Å². The maximum Gasteiger partial charge on any atom is 0.0877 e. The Balaban J connectivity index is 2.00. The van der Waals surface area contributed by atoms with Crippen molar-refractivity contribution < 1.29 is 10.2 Å². The molecule has 1 aromatic rings. The summed E-state index contributed by atoms with van der Waals surface area (Å²) < 4.78 is 0. The summed E-state index contributed by atoms with van der Waals surface area (Å²) in [5, 5.41) is 19.0. The second-order valence-electron chi connectivity index (χ2n) is 4.57. The minimum atomic E-state index is -0.814. The molecule has 0 heterocycles. The Morgan fingerprint density at radius 1 is 1.13 bits per heavy atom. The third kappa shape index (κ3) is 2.39. The fourth-order valence-corrected chi connectivity index (χ4v) is 2.37. The van der Waals surface area contributed by atoms with Crippen LogP contribution in [-0.4, -0.2) is 22.4 Å². The summed E-state index contributed by atoms with van der Waals surface area (Å²) >= 11 is 0. The van der Waals surface area contributed by atoms with Crippen LogP contribution < -0.4 is 0 Å².